The third kappa shape index (κ3) is 5.11. The highest BCUT2D eigenvalue weighted by Gasteiger charge is 2.13. The van der Waals surface area contributed by atoms with Gasteiger partial charge in [0.25, 0.3) is 5.91 Å². The molecule has 0 atom stereocenters. The fraction of sp³-hybridized carbons (Fsp3) is 0.100. The van der Waals surface area contributed by atoms with E-state index in [2.05, 4.69) is 23.4 Å². The highest BCUT2D eigenvalue weighted by Crippen LogP contribution is 2.20. The van der Waals surface area contributed by atoms with E-state index in [9.17, 15) is 14.0 Å². The normalized spacial score (nSPS) is 10.4. The molecule has 3 rings (SSSR count). The summed E-state index contributed by atoms with van der Waals surface area (Å²) in [4.78, 5) is 24.3. The summed E-state index contributed by atoms with van der Waals surface area (Å²) in [5.74, 6) is -1.13. The van der Waals surface area contributed by atoms with Crippen LogP contribution >= 0.6 is 24.2 Å². The summed E-state index contributed by atoms with van der Waals surface area (Å²) < 4.78 is 14.9. The molecule has 2 N–H and O–H groups in total. The van der Waals surface area contributed by atoms with Crippen LogP contribution in [0.2, 0.25) is 0 Å². The summed E-state index contributed by atoms with van der Waals surface area (Å²) in [6.45, 7) is 0.503. The third-order valence-electron chi connectivity index (χ3n) is 3.95. The SMILES string of the molecule is O=C(Nc1ccc(N(S)C(=O)NCCc2ccsc2)cc1)c1ccccc1F. The van der Waals surface area contributed by atoms with Gasteiger partial charge >= 0.3 is 6.03 Å². The van der Waals surface area contributed by atoms with Crippen LogP contribution in [0.25, 0.3) is 0 Å². The van der Waals surface area contributed by atoms with Gasteiger partial charge in [-0.1, -0.05) is 24.9 Å². The number of anilines is 2. The van der Waals surface area contributed by atoms with Crippen LogP contribution in [-0.2, 0) is 6.42 Å². The Morgan fingerprint density at radius 2 is 1.82 bits per heavy atom. The van der Waals surface area contributed by atoms with Gasteiger partial charge in [-0.3, -0.25) is 4.79 Å². The number of benzene rings is 2. The first-order valence-electron chi connectivity index (χ1n) is 8.48. The Bertz CT molecular complexity index is 946. The molecule has 0 unspecified atom stereocenters. The number of rotatable bonds is 6. The average Bonchev–Trinajstić information content (AvgIpc) is 3.21. The summed E-state index contributed by atoms with van der Waals surface area (Å²) in [7, 11) is 0. The number of halogens is 1. The molecular formula is C20H18FN3O2S2. The predicted molar refractivity (Wildman–Crippen MR) is 114 cm³/mol. The number of urea groups is 1. The van der Waals surface area contributed by atoms with Crippen molar-refractivity contribution in [3.63, 3.8) is 0 Å². The number of carbonyl (C=O) groups excluding carboxylic acids is 2. The van der Waals surface area contributed by atoms with E-state index in [1.807, 2.05) is 16.8 Å². The number of nitrogens with one attached hydrogen (secondary N) is 2. The lowest BCUT2D eigenvalue weighted by atomic mass is 10.2. The van der Waals surface area contributed by atoms with E-state index in [4.69, 9.17) is 0 Å². The number of amides is 3. The fourth-order valence-corrected chi connectivity index (χ4v) is 3.38. The van der Waals surface area contributed by atoms with E-state index in [0.717, 1.165) is 6.42 Å². The second-order valence-electron chi connectivity index (χ2n) is 5.91. The highest BCUT2D eigenvalue weighted by molar-refractivity contribution is 7.82. The molecule has 3 amide bonds. The number of nitrogens with zero attached hydrogens (tertiary/aromatic N) is 1. The molecule has 0 aliphatic rings. The maximum atomic E-state index is 13.7. The Labute approximate surface area is 171 Å². The molecule has 5 nitrogen and oxygen atoms in total. The first-order chi connectivity index (χ1) is 13.5. The van der Waals surface area contributed by atoms with Crippen LogP contribution in [0, 0.1) is 5.82 Å². The largest absolute Gasteiger partial charge is 0.337 e. The highest BCUT2D eigenvalue weighted by atomic mass is 32.1. The zero-order chi connectivity index (χ0) is 19.9. The van der Waals surface area contributed by atoms with Gasteiger partial charge in [-0.25, -0.2) is 13.5 Å². The van der Waals surface area contributed by atoms with Crippen molar-refractivity contribution in [3.8, 4) is 0 Å². The van der Waals surface area contributed by atoms with Crippen molar-refractivity contribution >= 4 is 47.5 Å². The van der Waals surface area contributed by atoms with Crippen molar-refractivity contribution in [2.45, 2.75) is 6.42 Å². The summed E-state index contributed by atoms with van der Waals surface area (Å²) >= 11 is 5.84. The predicted octanol–water partition coefficient (Wildman–Crippen LogP) is 4.74. The van der Waals surface area contributed by atoms with Crippen molar-refractivity contribution in [2.24, 2.45) is 0 Å². The van der Waals surface area contributed by atoms with E-state index in [1.54, 1.807) is 41.7 Å². The Balaban J connectivity index is 1.54. The van der Waals surface area contributed by atoms with E-state index in [0.29, 0.717) is 17.9 Å². The smallest absolute Gasteiger partial charge is 0.331 e. The van der Waals surface area contributed by atoms with Crippen molar-refractivity contribution in [3.05, 3.63) is 82.3 Å². The fourth-order valence-electron chi connectivity index (χ4n) is 2.47. The van der Waals surface area contributed by atoms with E-state index < -0.39 is 11.7 Å². The van der Waals surface area contributed by atoms with Gasteiger partial charge in [0.05, 0.1) is 11.3 Å². The van der Waals surface area contributed by atoms with Gasteiger partial charge < -0.3 is 10.6 Å². The first kappa shape index (κ1) is 19.9. The molecule has 0 bridgehead atoms. The summed E-state index contributed by atoms with van der Waals surface area (Å²) in [6.07, 6.45) is 0.748. The molecule has 0 saturated carbocycles. The molecule has 0 aliphatic heterocycles. The standard InChI is InChI=1S/C20H18FN3O2S2/c21-18-4-2-1-3-17(18)19(25)23-15-5-7-16(8-6-15)24(27)20(26)22-11-9-14-10-12-28-13-14/h1-8,10,12-13,27H,9,11H2,(H,22,26)(H,23,25). The quantitative estimate of drug-likeness (QED) is 0.509. The Hall–Kier alpha value is -2.84. The topological polar surface area (TPSA) is 61.4 Å². The lowest BCUT2D eigenvalue weighted by molar-refractivity contribution is 0.102. The number of hydrogen-bond donors (Lipinski definition) is 3. The van der Waals surface area contributed by atoms with E-state index in [-0.39, 0.29) is 11.6 Å². The van der Waals surface area contributed by atoms with Crippen LogP contribution in [0.4, 0.5) is 20.6 Å². The maximum absolute atomic E-state index is 13.7. The molecular weight excluding hydrogens is 397 g/mol. The van der Waals surface area contributed by atoms with Crippen molar-refractivity contribution < 1.29 is 14.0 Å². The van der Waals surface area contributed by atoms with Crippen LogP contribution in [0.5, 0.6) is 0 Å². The minimum Gasteiger partial charge on any atom is -0.337 e. The van der Waals surface area contributed by atoms with Crippen molar-refractivity contribution in [1.82, 2.24) is 5.32 Å². The second kappa shape index (κ2) is 9.38. The van der Waals surface area contributed by atoms with E-state index in [1.165, 1.54) is 28.1 Å². The first-order valence-corrected chi connectivity index (χ1v) is 9.83. The number of thiophene rings is 1. The zero-order valence-corrected chi connectivity index (χ0v) is 16.5. The van der Waals surface area contributed by atoms with Crippen molar-refractivity contribution in [2.75, 3.05) is 16.2 Å². The lowest BCUT2D eigenvalue weighted by Crippen LogP contribution is -2.35. The van der Waals surface area contributed by atoms with Crippen LogP contribution < -0.4 is 14.9 Å². The van der Waals surface area contributed by atoms with Crippen LogP contribution in [-0.4, -0.2) is 18.5 Å². The Kier molecular flexibility index (Phi) is 6.67. The Morgan fingerprint density at radius 1 is 1.07 bits per heavy atom. The molecule has 3 aromatic rings. The molecule has 0 radical (unpaired) electrons. The van der Waals surface area contributed by atoms with Gasteiger partial charge in [0.2, 0.25) is 0 Å². The van der Waals surface area contributed by atoms with Crippen molar-refractivity contribution in [1.29, 1.82) is 0 Å². The average molecular weight is 416 g/mol. The summed E-state index contributed by atoms with van der Waals surface area (Å²) in [5.41, 5.74) is 2.16. The Morgan fingerprint density at radius 3 is 2.50 bits per heavy atom. The number of carbonyl (C=O) groups is 2. The zero-order valence-electron chi connectivity index (χ0n) is 14.8. The van der Waals surface area contributed by atoms with Gasteiger partial charge in [0, 0.05) is 12.2 Å². The van der Waals surface area contributed by atoms with Crippen LogP contribution in [0.15, 0.2) is 65.4 Å². The summed E-state index contributed by atoms with van der Waals surface area (Å²) in [5, 5.41) is 9.46. The van der Waals surface area contributed by atoms with E-state index >= 15 is 0 Å². The third-order valence-corrected chi connectivity index (χ3v) is 5.10. The molecule has 0 fully saturated rings. The van der Waals surface area contributed by atoms with Gasteiger partial charge in [-0.2, -0.15) is 11.3 Å². The lowest BCUT2D eigenvalue weighted by Gasteiger charge is -2.17. The number of hydrogen-bond acceptors (Lipinski definition) is 4. The monoisotopic (exact) mass is 415 g/mol. The second-order valence-corrected chi connectivity index (χ2v) is 7.09. The molecule has 1 aromatic heterocycles. The molecule has 8 heteroatoms. The number of thiol groups is 1. The molecule has 0 aliphatic carbocycles. The van der Waals surface area contributed by atoms with Crippen LogP contribution in [0.1, 0.15) is 15.9 Å². The minimum absolute atomic E-state index is 0.0348. The van der Waals surface area contributed by atoms with Gasteiger partial charge in [0.15, 0.2) is 0 Å². The summed E-state index contributed by atoms with van der Waals surface area (Å²) in [6, 6.07) is 14.0. The van der Waals surface area contributed by atoms with Gasteiger partial charge in [-0.15, -0.1) is 0 Å². The van der Waals surface area contributed by atoms with Gasteiger partial charge in [-0.05, 0) is 65.2 Å². The molecule has 0 saturated heterocycles. The molecule has 28 heavy (non-hydrogen) atoms. The molecule has 1 heterocycles. The van der Waals surface area contributed by atoms with Crippen LogP contribution in [0.3, 0.4) is 0 Å². The van der Waals surface area contributed by atoms with Gasteiger partial charge in [0.1, 0.15) is 5.82 Å². The molecule has 144 valence electrons. The molecule has 2 aromatic carbocycles. The molecule has 0 spiro atoms. The minimum atomic E-state index is -0.586. The maximum Gasteiger partial charge on any atom is 0.331 e.